The number of nitrogens with one attached hydrogen (secondary N) is 1. The Bertz CT molecular complexity index is 641. The van der Waals surface area contributed by atoms with Crippen LogP contribution in [0.1, 0.15) is 11.3 Å². The van der Waals surface area contributed by atoms with E-state index in [1.54, 1.807) is 19.1 Å². The summed E-state index contributed by atoms with van der Waals surface area (Å²) in [6, 6.07) is 7.23. The molecule has 0 bridgehead atoms. The first kappa shape index (κ1) is 14.6. The second-order valence-electron chi connectivity index (χ2n) is 4.21. The van der Waals surface area contributed by atoms with Crippen molar-refractivity contribution in [3.05, 3.63) is 46.1 Å². The molecular weight excluding hydrogens is 335 g/mol. The van der Waals surface area contributed by atoms with E-state index in [1.807, 2.05) is 0 Å². The van der Waals surface area contributed by atoms with Gasteiger partial charge in [0.05, 0.1) is 11.3 Å². The summed E-state index contributed by atoms with van der Waals surface area (Å²) >= 11 is 2.89. The lowest BCUT2D eigenvalue weighted by molar-refractivity contribution is -0.138. The average molecular weight is 346 g/mol. The lowest BCUT2D eigenvalue weighted by Gasteiger charge is -2.13. The van der Waals surface area contributed by atoms with E-state index in [0.29, 0.717) is 11.5 Å². The maximum absolute atomic E-state index is 12.8. The molecule has 0 unspecified atom stereocenters. The highest BCUT2D eigenvalue weighted by atomic mass is 79.9. The number of nitrogens with zero attached hydrogens (tertiary/aromatic N) is 1. The molecule has 0 atom stereocenters. The van der Waals surface area contributed by atoms with E-state index in [-0.39, 0.29) is 10.2 Å². The Balaban J connectivity index is 2.37. The third-order valence-electron chi connectivity index (χ3n) is 2.60. The van der Waals surface area contributed by atoms with Crippen LogP contribution in [0.25, 0.3) is 0 Å². The van der Waals surface area contributed by atoms with Gasteiger partial charge in [-0.05, 0) is 37.3 Å². The maximum atomic E-state index is 12.8. The van der Waals surface area contributed by atoms with E-state index in [0.717, 1.165) is 11.8 Å². The topological polar surface area (TPSA) is 50.9 Å². The molecule has 1 aromatic carbocycles. The molecule has 2 aromatic rings. The van der Waals surface area contributed by atoms with E-state index < -0.39 is 11.7 Å². The van der Waals surface area contributed by atoms with Crippen molar-refractivity contribution in [3.63, 3.8) is 0 Å². The number of hydrogen-bond acceptors (Lipinski definition) is 3. The molecule has 0 radical (unpaired) electrons. The van der Waals surface area contributed by atoms with E-state index in [9.17, 15) is 13.2 Å². The van der Waals surface area contributed by atoms with Crippen molar-refractivity contribution in [1.82, 2.24) is 4.98 Å². The molecule has 3 nitrogen and oxygen atoms in total. The van der Waals surface area contributed by atoms with Gasteiger partial charge in [0, 0.05) is 15.9 Å². The van der Waals surface area contributed by atoms with Gasteiger partial charge in [-0.15, -0.1) is 0 Å². The lowest BCUT2D eigenvalue weighted by atomic mass is 10.2. The van der Waals surface area contributed by atoms with Crippen LogP contribution in [0.3, 0.4) is 0 Å². The number of alkyl halides is 3. The molecule has 0 fully saturated rings. The van der Waals surface area contributed by atoms with Crippen LogP contribution >= 0.6 is 15.9 Å². The van der Waals surface area contributed by atoms with Crippen molar-refractivity contribution in [2.45, 2.75) is 13.1 Å². The Morgan fingerprint density at radius 3 is 2.55 bits per heavy atom. The number of pyridine rings is 1. The summed E-state index contributed by atoms with van der Waals surface area (Å²) in [5.74, 6) is 0.334. The van der Waals surface area contributed by atoms with Crippen molar-refractivity contribution in [2.24, 2.45) is 0 Å². The second-order valence-corrected chi connectivity index (χ2v) is 5.06. The number of benzene rings is 1. The average Bonchev–Trinajstić information content (AvgIpc) is 2.35. The van der Waals surface area contributed by atoms with Gasteiger partial charge in [-0.3, -0.25) is 0 Å². The number of rotatable bonds is 2. The minimum absolute atomic E-state index is 0.0132. The molecule has 0 saturated heterocycles. The molecule has 0 aliphatic rings. The zero-order valence-corrected chi connectivity index (χ0v) is 12.0. The molecule has 7 heteroatoms. The van der Waals surface area contributed by atoms with Gasteiger partial charge in [0.1, 0.15) is 0 Å². The molecular formula is C13H11BrF3N3. The highest BCUT2D eigenvalue weighted by Crippen LogP contribution is 2.37. The fraction of sp³-hybridized carbons (Fsp3) is 0.154. The summed E-state index contributed by atoms with van der Waals surface area (Å²) < 4.78 is 38.4. The largest absolute Gasteiger partial charge is 0.417 e. The number of nitrogen functional groups attached to an aromatic ring is 1. The van der Waals surface area contributed by atoms with Crippen molar-refractivity contribution < 1.29 is 13.2 Å². The molecule has 0 amide bonds. The SMILES string of the molecule is Cc1ccc(N)c(Nc2ccc(Br)c(C(F)(F)F)c2)n1. The zero-order chi connectivity index (χ0) is 14.9. The smallest absolute Gasteiger partial charge is 0.396 e. The highest BCUT2D eigenvalue weighted by molar-refractivity contribution is 9.10. The minimum Gasteiger partial charge on any atom is -0.396 e. The summed E-state index contributed by atoms with van der Waals surface area (Å²) in [7, 11) is 0. The lowest BCUT2D eigenvalue weighted by Crippen LogP contribution is -2.07. The number of halogens is 4. The van der Waals surface area contributed by atoms with Crippen molar-refractivity contribution >= 4 is 33.1 Å². The van der Waals surface area contributed by atoms with Crippen LogP contribution in [-0.2, 0) is 6.18 Å². The van der Waals surface area contributed by atoms with Gasteiger partial charge in [0.25, 0.3) is 0 Å². The van der Waals surface area contributed by atoms with Crippen LogP contribution in [0.5, 0.6) is 0 Å². The Labute approximate surface area is 122 Å². The predicted octanol–water partition coefficient (Wildman–Crippen LogP) is 4.50. The standard InChI is InChI=1S/C13H11BrF3N3/c1-7-2-5-11(18)12(19-7)20-8-3-4-10(14)9(6-8)13(15,16)17/h2-6H,18H2,1H3,(H,19,20). The van der Waals surface area contributed by atoms with Gasteiger partial charge in [-0.1, -0.05) is 15.9 Å². The van der Waals surface area contributed by atoms with E-state index >= 15 is 0 Å². The molecule has 0 aliphatic heterocycles. The van der Waals surface area contributed by atoms with Crippen LogP contribution in [0.2, 0.25) is 0 Å². The van der Waals surface area contributed by atoms with Gasteiger partial charge in [0.15, 0.2) is 5.82 Å². The van der Waals surface area contributed by atoms with Gasteiger partial charge in [-0.25, -0.2) is 4.98 Å². The molecule has 0 aliphatic carbocycles. The summed E-state index contributed by atoms with van der Waals surface area (Å²) in [5.41, 5.74) is 6.33. The Morgan fingerprint density at radius 1 is 1.20 bits per heavy atom. The number of nitrogens with two attached hydrogens (primary N) is 1. The van der Waals surface area contributed by atoms with Crippen LogP contribution in [0.4, 0.5) is 30.4 Å². The fourth-order valence-electron chi connectivity index (χ4n) is 1.62. The zero-order valence-electron chi connectivity index (χ0n) is 10.4. The van der Waals surface area contributed by atoms with Gasteiger partial charge < -0.3 is 11.1 Å². The van der Waals surface area contributed by atoms with E-state index in [1.165, 1.54) is 12.1 Å². The van der Waals surface area contributed by atoms with Crippen molar-refractivity contribution in [3.8, 4) is 0 Å². The molecule has 20 heavy (non-hydrogen) atoms. The third-order valence-corrected chi connectivity index (χ3v) is 3.29. The number of aryl methyl sites for hydroxylation is 1. The summed E-state index contributed by atoms with van der Waals surface area (Å²) in [4.78, 5) is 4.15. The Hall–Kier alpha value is -1.76. The second kappa shape index (κ2) is 5.32. The Kier molecular flexibility index (Phi) is 3.89. The summed E-state index contributed by atoms with van der Waals surface area (Å²) in [5, 5.41) is 2.80. The molecule has 106 valence electrons. The summed E-state index contributed by atoms with van der Waals surface area (Å²) in [6.45, 7) is 1.77. The first-order valence-corrected chi connectivity index (χ1v) is 6.43. The number of hydrogen-bond donors (Lipinski definition) is 2. The first-order chi connectivity index (χ1) is 9.27. The van der Waals surface area contributed by atoms with Gasteiger partial charge in [-0.2, -0.15) is 13.2 Å². The van der Waals surface area contributed by atoms with Crippen molar-refractivity contribution in [2.75, 3.05) is 11.1 Å². The van der Waals surface area contributed by atoms with E-state index in [4.69, 9.17) is 5.73 Å². The molecule has 0 saturated carbocycles. The van der Waals surface area contributed by atoms with Crippen LogP contribution in [0.15, 0.2) is 34.8 Å². The van der Waals surface area contributed by atoms with E-state index in [2.05, 4.69) is 26.2 Å². The van der Waals surface area contributed by atoms with Gasteiger partial charge >= 0.3 is 6.18 Å². The maximum Gasteiger partial charge on any atom is 0.417 e. The van der Waals surface area contributed by atoms with Crippen LogP contribution in [0, 0.1) is 6.92 Å². The summed E-state index contributed by atoms with van der Waals surface area (Å²) in [6.07, 6.45) is -4.43. The normalized spacial score (nSPS) is 11.4. The number of aromatic nitrogens is 1. The molecule has 1 aromatic heterocycles. The predicted molar refractivity (Wildman–Crippen MR) is 75.8 cm³/mol. The first-order valence-electron chi connectivity index (χ1n) is 5.64. The van der Waals surface area contributed by atoms with Gasteiger partial charge in [0.2, 0.25) is 0 Å². The quantitative estimate of drug-likeness (QED) is 0.842. The highest BCUT2D eigenvalue weighted by Gasteiger charge is 2.33. The van der Waals surface area contributed by atoms with Crippen molar-refractivity contribution in [1.29, 1.82) is 0 Å². The monoisotopic (exact) mass is 345 g/mol. The van der Waals surface area contributed by atoms with Crippen LogP contribution < -0.4 is 11.1 Å². The molecule has 2 rings (SSSR count). The minimum atomic E-state index is -4.43. The molecule has 3 N–H and O–H groups in total. The molecule has 1 heterocycles. The van der Waals surface area contributed by atoms with Crippen LogP contribution in [-0.4, -0.2) is 4.98 Å². The fourth-order valence-corrected chi connectivity index (χ4v) is 2.10. The molecule has 0 spiro atoms. The number of anilines is 3. The third kappa shape index (κ3) is 3.22. The Morgan fingerprint density at radius 2 is 1.90 bits per heavy atom.